The first kappa shape index (κ1) is 22.6. The molecule has 3 aromatic carbocycles. The van der Waals surface area contributed by atoms with E-state index in [0.717, 1.165) is 21.9 Å². The number of nitrogens with two attached hydrogens (primary N) is 1. The van der Waals surface area contributed by atoms with Crippen LogP contribution in [-0.4, -0.2) is 27.6 Å². The van der Waals surface area contributed by atoms with Crippen LogP contribution in [0.3, 0.4) is 0 Å². The molecule has 0 spiro atoms. The third-order valence-electron chi connectivity index (χ3n) is 5.82. The molecule has 0 aliphatic carbocycles. The van der Waals surface area contributed by atoms with Crippen LogP contribution in [0.15, 0.2) is 84.4 Å². The summed E-state index contributed by atoms with van der Waals surface area (Å²) < 4.78 is 7.41. The van der Waals surface area contributed by atoms with E-state index in [0.29, 0.717) is 35.3 Å². The molecule has 8 nitrogen and oxygen atoms in total. The summed E-state index contributed by atoms with van der Waals surface area (Å²) in [5.41, 5.74) is 8.34. The van der Waals surface area contributed by atoms with E-state index in [1.54, 1.807) is 11.7 Å². The maximum absolute atomic E-state index is 11.8. The van der Waals surface area contributed by atoms with Crippen molar-refractivity contribution in [3.05, 3.63) is 95.7 Å². The minimum atomic E-state index is -0.805. The third-order valence-corrected chi connectivity index (χ3v) is 5.82. The first-order chi connectivity index (χ1) is 17.6. The number of benzene rings is 3. The van der Waals surface area contributed by atoms with Crippen molar-refractivity contribution in [3.63, 3.8) is 0 Å². The van der Waals surface area contributed by atoms with Gasteiger partial charge in [0.15, 0.2) is 0 Å². The normalized spacial score (nSPS) is 11.4. The van der Waals surface area contributed by atoms with Gasteiger partial charge in [0.05, 0.1) is 18.3 Å². The highest BCUT2D eigenvalue weighted by Crippen LogP contribution is 2.32. The number of nitrogens with zero attached hydrogens (tertiary/aromatic N) is 4. The first-order valence-electron chi connectivity index (χ1n) is 11.2. The zero-order chi connectivity index (χ0) is 25.1. The van der Waals surface area contributed by atoms with Gasteiger partial charge >= 0.3 is 0 Å². The van der Waals surface area contributed by atoms with Crippen molar-refractivity contribution in [2.45, 2.75) is 6.54 Å². The number of ether oxygens (including phenoxy) is 1. The van der Waals surface area contributed by atoms with Gasteiger partial charge in [-0.3, -0.25) is 9.36 Å². The van der Waals surface area contributed by atoms with Gasteiger partial charge in [-0.05, 0) is 35.9 Å². The van der Waals surface area contributed by atoms with Crippen LogP contribution in [-0.2, 0) is 11.3 Å². The first-order valence-corrected chi connectivity index (χ1v) is 11.2. The Morgan fingerprint density at radius 1 is 1.08 bits per heavy atom. The van der Waals surface area contributed by atoms with Crippen molar-refractivity contribution < 1.29 is 9.53 Å². The number of para-hydroxylation sites is 2. The lowest BCUT2D eigenvalue weighted by molar-refractivity contribution is -0.114. The minimum Gasteiger partial charge on any atom is -0.494 e. The molecule has 2 aromatic heterocycles. The van der Waals surface area contributed by atoms with Gasteiger partial charge < -0.3 is 15.8 Å². The minimum absolute atomic E-state index is 0.167. The largest absolute Gasteiger partial charge is 0.494 e. The number of carbonyl (C=O) groups is 1. The molecule has 0 saturated carbocycles. The Kier molecular flexibility index (Phi) is 6.03. The van der Waals surface area contributed by atoms with Crippen LogP contribution in [0.1, 0.15) is 11.3 Å². The van der Waals surface area contributed by atoms with E-state index >= 15 is 0 Å². The molecule has 0 saturated heterocycles. The van der Waals surface area contributed by atoms with Gasteiger partial charge in [-0.1, -0.05) is 54.6 Å². The van der Waals surface area contributed by atoms with Crippen LogP contribution in [0.2, 0.25) is 0 Å². The molecule has 3 N–H and O–H groups in total. The summed E-state index contributed by atoms with van der Waals surface area (Å²) in [4.78, 5) is 21.5. The maximum Gasteiger partial charge on any atom is 0.259 e. The van der Waals surface area contributed by atoms with Gasteiger partial charge in [0, 0.05) is 17.3 Å². The smallest absolute Gasteiger partial charge is 0.259 e. The SMILES string of the molecule is COc1cccc2c(NCc3ccccc3)nc(-n3c(/C=C(/C#N)C(N)=O)cc4ccccc43)nc12. The van der Waals surface area contributed by atoms with Gasteiger partial charge in [-0.15, -0.1) is 0 Å². The van der Waals surface area contributed by atoms with Gasteiger partial charge in [0.25, 0.3) is 5.91 Å². The average Bonchev–Trinajstić information content (AvgIpc) is 3.28. The Bertz CT molecular complexity index is 1660. The number of hydrogen-bond acceptors (Lipinski definition) is 6. The second-order valence-electron chi connectivity index (χ2n) is 8.07. The Balaban J connectivity index is 1.75. The molecule has 176 valence electrons. The molecule has 5 rings (SSSR count). The molecular weight excluding hydrogens is 452 g/mol. The zero-order valence-corrected chi connectivity index (χ0v) is 19.5. The highest BCUT2D eigenvalue weighted by atomic mass is 16.5. The molecule has 0 bridgehead atoms. The van der Waals surface area contributed by atoms with E-state index < -0.39 is 5.91 Å². The molecule has 2 heterocycles. The predicted octanol–water partition coefficient (Wildman–Crippen LogP) is 4.59. The maximum atomic E-state index is 11.8. The molecule has 36 heavy (non-hydrogen) atoms. The number of nitrogens with one attached hydrogen (secondary N) is 1. The number of hydrogen-bond donors (Lipinski definition) is 2. The third kappa shape index (κ3) is 4.21. The molecule has 0 radical (unpaired) electrons. The van der Waals surface area contributed by atoms with Crippen LogP contribution in [0.25, 0.3) is 33.8 Å². The number of fused-ring (bicyclic) bond motifs is 2. The highest BCUT2D eigenvalue weighted by Gasteiger charge is 2.18. The van der Waals surface area contributed by atoms with Crippen molar-refractivity contribution >= 4 is 39.6 Å². The topological polar surface area (TPSA) is 119 Å². The van der Waals surface area contributed by atoms with Crippen LogP contribution >= 0.6 is 0 Å². The Morgan fingerprint density at radius 3 is 2.61 bits per heavy atom. The second-order valence-corrected chi connectivity index (χ2v) is 8.07. The fourth-order valence-electron chi connectivity index (χ4n) is 4.11. The van der Waals surface area contributed by atoms with Crippen molar-refractivity contribution in [2.24, 2.45) is 5.73 Å². The lowest BCUT2D eigenvalue weighted by Gasteiger charge is -2.15. The number of aromatic nitrogens is 3. The quantitative estimate of drug-likeness (QED) is 0.263. The van der Waals surface area contributed by atoms with Crippen molar-refractivity contribution in [2.75, 3.05) is 12.4 Å². The van der Waals surface area contributed by atoms with E-state index in [1.165, 1.54) is 6.08 Å². The van der Waals surface area contributed by atoms with E-state index in [2.05, 4.69) is 5.32 Å². The number of rotatable bonds is 7. The summed E-state index contributed by atoms with van der Waals surface area (Å²) in [6.07, 6.45) is 1.45. The lowest BCUT2D eigenvalue weighted by Crippen LogP contribution is -2.13. The Labute approximate surface area is 207 Å². The van der Waals surface area contributed by atoms with E-state index in [1.807, 2.05) is 84.9 Å². The van der Waals surface area contributed by atoms with Crippen molar-refractivity contribution in [1.29, 1.82) is 5.26 Å². The van der Waals surface area contributed by atoms with Crippen molar-refractivity contribution in [1.82, 2.24) is 14.5 Å². The fourth-order valence-corrected chi connectivity index (χ4v) is 4.11. The molecule has 1 amide bonds. The molecule has 5 aromatic rings. The number of nitriles is 1. The van der Waals surface area contributed by atoms with Crippen molar-refractivity contribution in [3.8, 4) is 17.8 Å². The van der Waals surface area contributed by atoms with Gasteiger partial charge in [-0.25, -0.2) is 4.98 Å². The Hall–Kier alpha value is -5.16. The predicted molar refractivity (Wildman–Crippen MR) is 139 cm³/mol. The molecule has 0 aliphatic heterocycles. The number of primary amides is 1. The molecule has 0 atom stereocenters. The molecule has 0 unspecified atom stereocenters. The van der Waals surface area contributed by atoms with E-state index in [4.69, 9.17) is 20.4 Å². The molecule has 8 heteroatoms. The van der Waals surface area contributed by atoms with Crippen LogP contribution in [0.4, 0.5) is 5.82 Å². The molecular formula is C28H22N6O2. The van der Waals surface area contributed by atoms with E-state index in [-0.39, 0.29) is 5.57 Å². The second kappa shape index (κ2) is 9.60. The van der Waals surface area contributed by atoms with Gasteiger partial charge in [0.1, 0.15) is 28.7 Å². The standard InChI is InChI=1S/C28H22N6O2/c1-36-24-13-7-11-22-25(24)32-28(33-27(22)31-17-18-8-3-2-4-9-18)34-21(15-20(16-29)26(30)35)14-19-10-5-6-12-23(19)34/h2-15H,17H2,1H3,(H2,30,35)(H,31,32,33)/b20-15-. The number of amides is 1. The number of carbonyl (C=O) groups excluding carboxylic acids is 1. The summed E-state index contributed by atoms with van der Waals surface area (Å²) in [5, 5.41) is 14.6. The highest BCUT2D eigenvalue weighted by molar-refractivity contribution is 6.01. The summed E-state index contributed by atoms with van der Waals surface area (Å²) in [6.45, 7) is 0.559. The monoisotopic (exact) mass is 474 g/mol. The molecule has 0 aliphatic rings. The van der Waals surface area contributed by atoms with Gasteiger partial charge in [0.2, 0.25) is 5.95 Å². The summed E-state index contributed by atoms with van der Waals surface area (Å²) >= 11 is 0. The van der Waals surface area contributed by atoms with E-state index in [9.17, 15) is 10.1 Å². The average molecular weight is 475 g/mol. The van der Waals surface area contributed by atoms with Crippen LogP contribution < -0.4 is 15.8 Å². The zero-order valence-electron chi connectivity index (χ0n) is 19.5. The summed E-state index contributed by atoms with van der Waals surface area (Å²) in [7, 11) is 1.60. The fraction of sp³-hybridized carbons (Fsp3) is 0.0714. The van der Waals surface area contributed by atoms with Gasteiger partial charge in [-0.2, -0.15) is 10.2 Å². The molecule has 0 fully saturated rings. The summed E-state index contributed by atoms with van der Waals surface area (Å²) in [6, 6.07) is 27.1. The number of methoxy groups -OCH3 is 1. The summed E-state index contributed by atoms with van der Waals surface area (Å²) in [5.74, 6) is 0.778. The van der Waals surface area contributed by atoms with Crippen LogP contribution in [0.5, 0.6) is 5.75 Å². The number of anilines is 1. The van der Waals surface area contributed by atoms with Crippen LogP contribution in [0, 0.1) is 11.3 Å². The lowest BCUT2D eigenvalue weighted by atomic mass is 10.2. The Morgan fingerprint density at radius 2 is 1.86 bits per heavy atom.